The molecule has 0 spiro atoms. The van der Waals surface area contributed by atoms with E-state index >= 15 is 0 Å². The van der Waals surface area contributed by atoms with Gasteiger partial charge in [0.2, 0.25) is 0 Å². The van der Waals surface area contributed by atoms with Crippen molar-refractivity contribution >= 4 is 24.1 Å². The van der Waals surface area contributed by atoms with E-state index in [9.17, 15) is 19.2 Å². The number of methoxy groups -OCH3 is 1. The first-order valence-corrected chi connectivity index (χ1v) is 9.43. The number of urea groups is 1. The quantitative estimate of drug-likeness (QED) is 0.522. The molecule has 164 valence electrons. The number of hydrogen-bond donors (Lipinski definition) is 2. The molecule has 2 rings (SSSR count). The van der Waals surface area contributed by atoms with E-state index in [1.54, 1.807) is 20.8 Å². The Balaban J connectivity index is 1.95. The van der Waals surface area contributed by atoms with Crippen LogP contribution < -0.4 is 10.6 Å². The number of cyclic esters (lactones) is 1. The van der Waals surface area contributed by atoms with Crippen LogP contribution in [0, 0.1) is 0 Å². The van der Waals surface area contributed by atoms with Gasteiger partial charge in [0.25, 0.3) is 0 Å². The van der Waals surface area contributed by atoms with Gasteiger partial charge in [-0.25, -0.2) is 19.2 Å². The van der Waals surface area contributed by atoms with Gasteiger partial charge in [0.05, 0.1) is 13.7 Å². The van der Waals surface area contributed by atoms with Crippen molar-refractivity contribution < 1.29 is 33.4 Å². The minimum Gasteiger partial charge on any atom is -0.467 e. The number of carbonyl (C=O) groups excluding carboxylic acids is 4. The first kappa shape index (κ1) is 23.0. The summed E-state index contributed by atoms with van der Waals surface area (Å²) in [6.07, 6.45) is -0.492. The maximum Gasteiger partial charge on any atom is 0.413 e. The molecule has 0 saturated carbocycles. The zero-order valence-electron chi connectivity index (χ0n) is 17.5. The Morgan fingerprint density at radius 2 is 1.90 bits per heavy atom. The molecule has 0 aliphatic carbocycles. The smallest absolute Gasteiger partial charge is 0.413 e. The Kier molecular flexibility index (Phi) is 7.62. The lowest BCUT2D eigenvalue weighted by Crippen LogP contribution is -2.52. The average molecular weight is 421 g/mol. The average Bonchev–Trinajstić information content (AvgIpc) is 3.05. The van der Waals surface area contributed by atoms with Gasteiger partial charge in [-0.3, -0.25) is 4.90 Å². The van der Waals surface area contributed by atoms with E-state index in [1.165, 1.54) is 7.11 Å². The Hall–Kier alpha value is -3.30. The molecule has 10 heteroatoms. The van der Waals surface area contributed by atoms with Crippen LogP contribution in [0.15, 0.2) is 30.3 Å². The number of hydrogen-bond acceptors (Lipinski definition) is 7. The fraction of sp³-hybridized carbons (Fsp3) is 0.500. The third-order valence-corrected chi connectivity index (χ3v) is 4.15. The maximum absolute atomic E-state index is 12.3. The van der Waals surface area contributed by atoms with Crippen molar-refractivity contribution in [1.82, 2.24) is 15.5 Å². The molecule has 0 bridgehead atoms. The predicted molar refractivity (Wildman–Crippen MR) is 105 cm³/mol. The SMILES string of the molecule is COC(=O)[C@H](Cc1ccccc1)NC(=O)NC[C@H]1C(=O)OCN1C(=O)OC(C)(C)C. The molecule has 1 aromatic rings. The summed E-state index contributed by atoms with van der Waals surface area (Å²) in [6.45, 7) is 4.63. The predicted octanol–water partition coefficient (Wildman–Crippen LogP) is 1.19. The molecule has 10 nitrogen and oxygen atoms in total. The minimum absolute atomic E-state index is 0.205. The summed E-state index contributed by atoms with van der Waals surface area (Å²) in [5, 5.41) is 5.02. The van der Waals surface area contributed by atoms with Gasteiger partial charge in [0.1, 0.15) is 11.6 Å². The largest absolute Gasteiger partial charge is 0.467 e. The number of esters is 2. The summed E-state index contributed by atoms with van der Waals surface area (Å²) < 4.78 is 14.9. The van der Waals surface area contributed by atoms with Gasteiger partial charge in [-0.05, 0) is 26.3 Å². The van der Waals surface area contributed by atoms with Gasteiger partial charge in [-0.1, -0.05) is 30.3 Å². The zero-order valence-corrected chi connectivity index (χ0v) is 17.5. The molecule has 1 heterocycles. The maximum atomic E-state index is 12.3. The second-order valence-electron chi connectivity index (χ2n) is 7.68. The van der Waals surface area contributed by atoms with Crippen LogP contribution in [0.1, 0.15) is 26.3 Å². The molecule has 0 unspecified atom stereocenters. The number of ether oxygens (including phenoxy) is 3. The normalized spacial score (nSPS) is 17.0. The molecule has 0 aromatic heterocycles. The van der Waals surface area contributed by atoms with Crippen LogP contribution in [0.2, 0.25) is 0 Å². The Labute approximate surface area is 174 Å². The summed E-state index contributed by atoms with van der Waals surface area (Å²) in [7, 11) is 1.23. The second kappa shape index (κ2) is 9.95. The summed E-state index contributed by atoms with van der Waals surface area (Å²) >= 11 is 0. The van der Waals surface area contributed by atoms with Crippen LogP contribution in [0.3, 0.4) is 0 Å². The zero-order chi connectivity index (χ0) is 22.3. The van der Waals surface area contributed by atoms with E-state index in [2.05, 4.69) is 10.6 Å². The Bertz CT molecular complexity index is 776. The molecule has 0 radical (unpaired) electrons. The first-order valence-electron chi connectivity index (χ1n) is 9.43. The Morgan fingerprint density at radius 3 is 2.50 bits per heavy atom. The third-order valence-electron chi connectivity index (χ3n) is 4.15. The minimum atomic E-state index is -1.03. The van der Waals surface area contributed by atoms with Crippen LogP contribution in [0.4, 0.5) is 9.59 Å². The molecule has 2 N–H and O–H groups in total. The second-order valence-corrected chi connectivity index (χ2v) is 7.68. The molecule has 1 aliphatic rings. The van der Waals surface area contributed by atoms with E-state index in [0.29, 0.717) is 0 Å². The summed E-state index contributed by atoms with van der Waals surface area (Å²) in [6, 6.07) is 6.48. The number of benzene rings is 1. The van der Waals surface area contributed by atoms with Gasteiger partial charge in [-0.15, -0.1) is 0 Å². The van der Waals surface area contributed by atoms with Crippen LogP contribution in [0.5, 0.6) is 0 Å². The number of rotatable bonds is 6. The monoisotopic (exact) mass is 421 g/mol. The van der Waals surface area contributed by atoms with E-state index in [4.69, 9.17) is 14.2 Å². The van der Waals surface area contributed by atoms with Gasteiger partial charge in [0.15, 0.2) is 12.8 Å². The van der Waals surface area contributed by atoms with Crippen LogP contribution in [-0.4, -0.2) is 67.0 Å². The molecule has 2 atom stereocenters. The van der Waals surface area contributed by atoms with Crippen molar-refractivity contribution in [2.75, 3.05) is 20.4 Å². The highest BCUT2D eigenvalue weighted by molar-refractivity contribution is 5.86. The lowest BCUT2D eigenvalue weighted by atomic mass is 10.1. The van der Waals surface area contributed by atoms with E-state index < -0.39 is 41.7 Å². The molecule has 1 fully saturated rings. The first-order chi connectivity index (χ1) is 14.1. The molecule has 3 amide bonds. The topological polar surface area (TPSA) is 123 Å². The molecule has 1 aliphatic heterocycles. The van der Waals surface area contributed by atoms with Gasteiger partial charge in [-0.2, -0.15) is 0 Å². The molecule has 1 saturated heterocycles. The van der Waals surface area contributed by atoms with Crippen molar-refractivity contribution in [2.45, 2.75) is 44.9 Å². The van der Waals surface area contributed by atoms with Crippen LogP contribution in [0.25, 0.3) is 0 Å². The fourth-order valence-corrected chi connectivity index (χ4v) is 2.72. The number of amides is 3. The molecular weight excluding hydrogens is 394 g/mol. The number of nitrogens with zero attached hydrogens (tertiary/aromatic N) is 1. The summed E-state index contributed by atoms with van der Waals surface area (Å²) in [5.74, 6) is -1.26. The Morgan fingerprint density at radius 1 is 1.23 bits per heavy atom. The summed E-state index contributed by atoms with van der Waals surface area (Å²) in [4.78, 5) is 49.7. The summed E-state index contributed by atoms with van der Waals surface area (Å²) in [5.41, 5.74) is 0.0900. The van der Waals surface area contributed by atoms with Crippen molar-refractivity contribution in [3.8, 4) is 0 Å². The highest BCUT2D eigenvalue weighted by Gasteiger charge is 2.40. The van der Waals surface area contributed by atoms with Gasteiger partial charge < -0.3 is 24.8 Å². The molecule has 30 heavy (non-hydrogen) atoms. The van der Waals surface area contributed by atoms with E-state index in [-0.39, 0.29) is 19.7 Å². The van der Waals surface area contributed by atoms with E-state index in [0.717, 1.165) is 10.5 Å². The van der Waals surface area contributed by atoms with Crippen molar-refractivity contribution in [3.05, 3.63) is 35.9 Å². The van der Waals surface area contributed by atoms with Crippen LogP contribution in [-0.2, 0) is 30.2 Å². The van der Waals surface area contributed by atoms with Gasteiger partial charge >= 0.3 is 24.1 Å². The van der Waals surface area contributed by atoms with Crippen LogP contribution >= 0.6 is 0 Å². The third kappa shape index (κ3) is 6.64. The molecule has 1 aromatic carbocycles. The highest BCUT2D eigenvalue weighted by atomic mass is 16.6. The van der Waals surface area contributed by atoms with Gasteiger partial charge in [0, 0.05) is 6.42 Å². The van der Waals surface area contributed by atoms with Crippen molar-refractivity contribution in [1.29, 1.82) is 0 Å². The number of carbonyl (C=O) groups is 4. The van der Waals surface area contributed by atoms with Crippen molar-refractivity contribution in [2.24, 2.45) is 0 Å². The highest BCUT2D eigenvalue weighted by Crippen LogP contribution is 2.16. The lowest BCUT2D eigenvalue weighted by Gasteiger charge is -2.26. The lowest BCUT2D eigenvalue weighted by molar-refractivity contribution is -0.143. The van der Waals surface area contributed by atoms with E-state index in [1.807, 2.05) is 30.3 Å². The standard InChI is InChI=1S/C20H27N3O7/c1-20(2,3)30-19(27)23-12-29-17(25)15(23)11-21-18(26)22-14(16(24)28-4)10-13-8-6-5-7-9-13/h5-9,14-15H,10-12H2,1-4H3,(H2,21,22,26)/t14-,15-/m0/s1. The van der Waals surface area contributed by atoms with Crippen molar-refractivity contribution in [3.63, 3.8) is 0 Å². The number of nitrogens with one attached hydrogen (secondary N) is 2. The fourth-order valence-electron chi connectivity index (χ4n) is 2.72. The molecular formula is C20H27N3O7.